The van der Waals surface area contributed by atoms with E-state index >= 15 is 0 Å². The Morgan fingerprint density at radius 3 is 1.89 bits per heavy atom. The number of hydrogen-bond donors (Lipinski definition) is 1. The molecule has 0 aromatic rings. The van der Waals surface area contributed by atoms with Crippen LogP contribution in [0.15, 0.2) is 0 Å². The van der Waals surface area contributed by atoms with Crippen LogP contribution in [0.4, 0.5) is 0 Å². The maximum Gasteiger partial charge on any atom is 0.105 e. The maximum atomic E-state index is 10.3. The number of rotatable bonds is 2. The first-order valence-corrected chi connectivity index (χ1v) is 3.97. The van der Waals surface area contributed by atoms with Gasteiger partial charge in [-0.25, -0.2) is 8.42 Å². The molecule has 3 N–H and O–H groups in total. The quantitative estimate of drug-likeness (QED) is 0.492. The monoisotopic (exact) mass is 153 g/mol. The summed E-state index contributed by atoms with van der Waals surface area (Å²) >= 11 is 0. The third-order valence-corrected chi connectivity index (χ3v) is 2.84. The van der Waals surface area contributed by atoms with Gasteiger partial charge in [0.2, 0.25) is 0 Å². The van der Waals surface area contributed by atoms with Crippen LogP contribution < -0.4 is 5.73 Å². The van der Waals surface area contributed by atoms with Gasteiger partial charge in [0.25, 0.3) is 0 Å². The fourth-order valence-corrected chi connectivity index (χ4v) is 0.375. The van der Waals surface area contributed by atoms with E-state index < -0.39 is 14.9 Å². The Kier molecular flexibility index (Phi) is 2.21. The molecule has 0 amide bonds. The Labute approximate surface area is 54.8 Å². The molecule has 0 radical (unpaired) electrons. The van der Waals surface area contributed by atoms with E-state index in [1.807, 2.05) is 0 Å². The van der Waals surface area contributed by atoms with Crippen molar-refractivity contribution in [2.24, 2.45) is 0 Å². The average Bonchev–Trinajstić information content (AvgIpc) is 1.64. The van der Waals surface area contributed by atoms with Crippen molar-refractivity contribution in [3.63, 3.8) is 0 Å². The van der Waals surface area contributed by atoms with E-state index in [1.165, 1.54) is 13.8 Å². The smallest absolute Gasteiger partial charge is 0.105 e. The molecule has 0 atom stereocenters. The van der Waals surface area contributed by atoms with Gasteiger partial charge in [0.15, 0.2) is 0 Å². The van der Waals surface area contributed by atoms with Crippen LogP contribution in [-0.2, 0) is 10.1 Å². The molecule has 0 aliphatic rings. The Morgan fingerprint density at radius 1 is 1.56 bits per heavy atom. The SMILES string of the molecule is CC(C)(C[NH3+])S(=O)(=O)[O-]. The van der Waals surface area contributed by atoms with Crippen LogP contribution in [0.25, 0.3) is 0 Å². The fraction of sp³-hybridized carbons (Fsp3) is 1.00. The Bertz CT molecular complexity index is 182. The van der Waals surface area contributed by atoms with Crippen molar-refractivity contribution >= 4 is 10.1 Å². The molecule has 0 rings (SSSR count). The summed E-state index contributed by atoms with van der Waals surface area (Å²) in [6, 6.07) is 0. The van der Waals surface area contributed by atoms with Crippen molar-refractivity contribution < 1.29 is 18.7 Å². The van der Waals surface area contributed by atoms with Gasteiger partial charge in [-0.15, -0.1) is 0 Å². The minimum Gasteiger partial charge on any atom is -0.747 e. The highest BCUT2D eigenvalue weighted by Gasteiger charge is 2.25. The first kappa shape index (κ1) is 8.87. The van der Waals surface area contributed by atoms with Gasteiger partial charge in [0.05, 0.1) is 6.54 Å². The second-order valence-corrected chi connectivity index (χ2v) is 4.48. The largest absolute Gasteiger partial charge is 0.747 e. The molecule has 0 aromatic heterocycles. The molecule has 0 spiro atoms. The fourth-order valence-electron chi connectivity index (χ4n) is 0.125. The molecular weight excluding hydrogens is 142 g/mol. The zero-order chi connectivity index (χ0) is 7.71. The first-order chi connectivity index (χ1) is 3.81. The van der Waals surface area contributed by atoms with Crippen LogP contribution in [0, 0.1) is 0 Å². The lowest BCUT2D eigenvalue weighted by atomic mass is 10.2. The second-order valence-electron chi connectivity index (χ2n) is 2.46. The molecule has 9 heavy (non-hydrogen) atoms. The molecule has 0 unspecified atom stereocenters. The highest BCUT2D eigenvalue weighted by molar-refractivity contribution is 7.87. The molecule has 0 saturated carbocycles. The molecule has 0 aromatic carbocycles. The van der Waals surface area contributed by atoms with E-state index in [-0.39, 0.29) is 6.54 Å². The Hall–Kier alpha value is -0.130. The van der Waals surface area contributed by atoms with Gasteiger partial charge in [0, 0.05) is 0 Å². The van der Waals surface area contributed by atoms with Gasteiger partial charge in [-0.1, -0.05) is 0 Å². The van der Waals surface area contributed by atoms with Crippen molar-refractivity contribution in [3.05, 3.63) is 0 Å². The number of hydrogen-bond acceptors (Lipinski definition) is 3. The highest BCUT2D eigenvalue weighted by atomic mass is 32.2. The Morgan fingerprint density at radius 2 is 1.89 bits per heavy atom. The maximum absolute atomic E-state index is 10.3. The van der Waals surface area contributed by atoms with E-state index in [4.69, 9.17) is 0 Å². The van der Waals surface area contributed by atoms with E-state index in [1.54, 1.807) is 0 Å². The summed E-state index contributed by atoms with van der Waals surface area (Å²) in [7, 11) is -4.16. The molecule has 5 heteroatoms. The van der Waals surface area contributed by atoms with Gasteiger partial charge in [0.1, 0.15) is 14.9 Å². The molecule has 0 heterocycles. The van der Waals surface area contributed by atoms with Crippen LogP contribution in [0.1, 0.15) is 13.8 Å². The summed E-state index contributed by atoms with van der Waals surface area (Å²) in [4.78, 5) is 0. The molecule has 0 bridgehead atoms. The van der Waals surface area contributed by atoms with Crippen LogP contribution in [-0.4, -0.2) is 24.3 Å². The first-order valence-electron chi connectivity index (χ1n) is 2.56. The summed E-state index contributed by atoms with van der Waals surface area (Å²) in [5, 5.41) is 0. The molecule has 0 aliphatic heterocycles. The molecule has 0 saturated heterocycles. The summed E-state index contributed by atoms with van der Waals surface area (Å²) in [5.74, 6) is 0. The van der Waals surface area contributed by atoms with Gasteiger partial charge in [-0.3, -0.25) is 0 Å². The Balaban J connectivity index is 4.56. The summed E-state index contributed by atoms with van der Waals surface area (Å²) in [6.45, 7) is 2.84. The van der Waals surface area contributed by atoms with Crippen molar-refractivity contribution in [1.29, 1.82) is 0 Å². The average molecular weight is 153 g/mol. The summed E-state index contributed by atoms with van der Waals surface area (Å²) < 4.78 is 29.7. The van der Waals surface area contributed by atoms with Crippen LogP contribution in [0.5, 0.6) is 0 Å². The predicted molar refractivity (Wildman–Crippen MR) is 31.5 cm³/mol. The van der Waals surface area contributed by atoms with Crippen molar-refractivity contribution in [3.8, 4) is 0 Å². The predicted octanol–water partition coefficient (Wildman–Crippen LogP) is -1.45. The normalized spacial score (nSPS) is 13.8. The van der Waals surface area contributed by atoms with E-state index in [2.05, 4.69) is 5.73 Å². The van der Waals surface area contributed by atoms with Crippen molar-refractivity contribution in [2.45, 2.75) is 18.6 Å². The van der Waals surface area contributed by atoms with Crippen LogP contribution in [0.2, 0.25) is 0 Å². The molecule has 4 nitrogen and oxygen atoms in total. The van der Waals surface area contributed by atoms with Gasteiger partial charge in [-0.2, -0.15) is 0 Å². The van der Waals surface area contributed by atoms with E-state index in [9.17, 15) is 13.0 Å². The zero-order valence-corrected chi connectivity index (χ0v) is 6.36. The topological polar surface area (TPSA) is 84.8 Å². The minimum absolute atomic E-state index is 0.110. The van der Waals surface area contributed by atoms with Crippen molar-refractivity contribution in [1.82, 2.24) is 0 Å². The third-order valence-electron chi connectivity index (χ3n) is 1.28. The lowest BCUT2D eigenvalue weighted by molar-refractivity contribution is -0.373. The van der Waals surface area contributed by atoms with Crippen LogP contribution >= 0.6 is 0 Å². The van der Waals surface area contributed by atoms with E-state index in [0.29, 0.717) is 0 Å². The zero-order valence-electron chi connectivity index (χ0n) is 5.55. The van der Waals surface area contributed by atoms with Gasteiger partial charge < -0.3 is 10.3 Å². The minimum atomic E-state index is -4.16. The summed E-state index contributed by atoms with van der Waals surface area (Å²) in [6.07, 6.45) is 0. The van der Waals surface area contributed by atoms with Crippen LogP contribution in [0.3, 0.4) is 0 Å². The van der Waals surface area contributed by atoms with E-state index in [0.717, 1.165) is 0 Å². The van der Waals surface area contributed by atoms with Gasteiger partial charge >= 0.3 is 0 Å². The standard InChI is InChI=1S/C4H11NO3S/c1-4(2,3-5)9(6,7)8/h3,5H2,1-2H3,(H,6,7,8). The molecule has 0 aliphatic carbocycles. The lowest BCUT2D eigenvalue weighted by Crippen LogP contribution is -2.61. The molecular formula is C4H11NO3S. The highest BCUT2D eigenvalue weighted by Crippen LogP contribution is 2.10. The molecule has 56 valence electrons. The number of quaternary nitrogens is 1. The van der Waals surface area contributed by atoms with Crippen molar-refractivity contribution in [2.75, 3.05) is 6.54 Å². The third kappa shape index (κ3) is 1.92. The second kappa shape index (κ2) is 2.24. The van der Waals surface area contributed by atoms with Gasteiger partial charge in [-0.05, 0) is 13.8 Å². The lowest BCUT2D eigenvalue weighted by Gasteiger charge is -2.23. The summed E-state index contributed by atoms with van der Waals surface area (Å²) in [5.41, 5.74) is 3.34. The molecule has 0 fully saturated rings.